The Morgan fingerprint density at radius 3 is 3.06 bits per heavy atom. The number of piperazine rings is 1. The lowest BCUT2D eigenvalue weighted by molar-refractivity contribution is 0.0443. The molecule has 4 heteroatoms. The summed E-state index contributed by atoms with van der Waals surface area (Å²) in [6.07, 6.45) is 6.12. The van der Waals surface area contributed by atoms with E-state index in [2.05, 4.69) is 34.8 Å². The Labute approximate surface area is 114 Å². The average molecular weight is 265 g/mol. The first-order chi connectivity index (χ1) is 8.76. The molecule has 1 aromatic rings. The first-order valence-corrected chi connectivity index (χ1v) is 7.97. The molecule has 0 radical (unpaired) electrons. The zero-order chi connectivity index (χ0) is 12.5. The second kappa shape index (κ2) is 5.27. The molecule has 1 aromatic heterocycles. The molecule has 2 fully saturated rings. The van der Waals surface area contributed by atoms with Gasteiger partial charge in [-0.3, -0.25) is 9.80 Å². The molecule has 18 heavy (non-hydrogen) atoms. The zero-order valence-electron chi connectivity index (χ0n) is 11.4. The van der Waals surface area contributed by atoms with Gasteiger partial charge in [0.25, 0.3) is 0 Å². The highest BCUT2D eigenvalue weighted by molar-refractivity contribution is 7.11. The maximum absolute atomic E-state index is 4.38. The number of aromatic nitrogens is 1. The van der Waals surface area contributed by atoms with Gasteiger partial charge < -0.3 is 0 Å². The maximum Gasteiger partial charge on any atom is 0.0897 e. The molecule has 2 aliphatic heterocycles. The van der Waals surface area contributed by atoms with Gasteiger partial charge in [0, 0.05) is 42.8 Å². The Bertz CT molecular complexity index is 403. The van der Waals surface area contributed by atoms with Crippen LogP contribution in [0.2, 0.25) is 0 Å². The Balaban J connectivity index is 1.69. The van der Waals surface area contributed by atoms with Crippen LogP contribution in [0.5, 0.6) is 0 Å². The van der Waals surface area contributed by atoms with Gasteiger partial charge in [-0.2, -0.15) is 0 Å². The summed E-state index contributed by atoms with van der Waals surface area (Å²) in [6.45, 7) is 9.39. The molecule has 0 aromatic carbocycles. The summed E-state index contributed by atoms with van der Waals surface area (Å²) in [7, 11) is 0. The molecule has 2 unspecified atom stereocenters. The number of fused-ring (bicyclic) bond motifs is 1. The van der Waals surface area contributed by atoms with Crippen molar-refractivity contribution < 1.29 is 0 Å². The highest BCUT2D eigenvalue weighted by Gasteiger charge is 2.35. The van der Waals surface area contributed by atoms with Crippen LogP contribution in [-0.4, -0.2) is 46.5 Å². The molecule has 2 aliphatic rings. The van der Waals surface area contributed by atoms with Crippen molar-refractivity contribution in [3.8, 4) is 0 Å². The van der Waals surface area contributed by atoms with Crippen LogP contribution in [-0.2, 0) is 6.54 Å². The van der Waals surface area contributed by atoms with E-state index in [1.165, 1.54) is 48.8 Å². The molecule has 0 spiro atoms. The van der Waals surface area contributed by atoms with Gasteiger partial charge in [0.1, 0.15) is 0 Å². The summed E-state index contributed by atoms with van der Waals surface area (Å²) in [5, 5.41) is 1.19. The number of hydrogen-bond acceptors (Lipinski definition) is 4. The van der Waals surface area contributed by atoms with E-state index in [-0.39, 0.29) is 0 Å². The van der Waals surface area contributed by atoms with E-state index in [4.69, 9.17) is 0 Å². The van der Waals surface area contributed by atoms with E-state index in [9.17, 15) is 0 Å². The van der Waals surface area contributed by atoms with E-state index in [1.807, 2.05) is 11.3 Å². The second-order valence-corrected chi connectivity index (χ2v) is 6.95. The fraction of sp³-hybridized carbons (Fsp3) is 0.786. The smallest absolute Gasteiger partial charge is 0.0897 e. The van der Waals surface area contributed by atoms with Crippen molar-refractivity contribution in [3.05, 3.63) is 16.1 Å². The quantitative estimate of drug-likeness (QED) is 0.837. The zero-order valence-corrected chi connectivity index (χ0v) is 12.2. The van der Waals surface area contributed by atoms with Crippen LogP contribution in [0.1, 0.15) is 36.1 Å². The van der Waals surface area contributed by atoms with Gasteiger partial charge in [-0.1, -0.05) is 6.92 Å². The summed E-state index contributed by atoms with van der Waals surface area (Å²) >= 11 is 1.85. The van der Waals surface area contributed by atoms with E-state index in [1.54, 1.807) is 0 Å². The molecule has 0 amide bonds. The van der Waals surface area contributed by atoms with Gasteiger partial charge in [0.05, 0.1) is 5.01 Å². The molecular weight excluding hydrogens is 242 g/mol. The third kappa shape index (κ3) is 2.46. The predicted molar refractivity (Wildman–Crippen MR) is 75.9 cm³/mol. The summed E-state index contributed by atoms with van der Waals surface area (Å²) in [5.41, 5.74) is 0. The Kier molecular flexibility index (Phi) is 3.68. The first-order valence-electron chi connectivity index (χ1n) is 7.15. The SMILES string of the molecule is CCC1CN2CCCC2CN1Cc1cnc(C)s1. The maximum atomic E-state index is 4.38. The van der Waals surface area contributed by atoms with E-state index >= 15 is 0 Å². The van der Waals surface area contributed by atoms with E-state index < -0.39 is 0 Å². The molecule has 2 atom stereocenters. The van der Waals surface area contributed by atoms with Crippen molar-refractivity contribution in [2.24, 2.45) is 0 Å². The highest BCUT2D eigenvalue weighted by atomic mass is 32.1. The van der Waals surface area contributed by atoms with Gasteiger partial charge in [-0.25, -0.2) is 4.98 Å². The Hall–Kier alpha value is -0.450. The Morgan fingerprint density at radius 1 is 1.44 bits per heavy atom. The van der Waals surface area contributed by atoms with Crippen molar-refractivity contribution >= 4 is 11.3 Å². The molecule has 0 bridgehead atoms. The van der Waals surface area contributed by atoms with Gasteiger partial charge in [0.15, 0.2) is 0 Å². The van der Waals surface area contributed by atoms with Crippen molar-refractivity contribution in [2.45, 2.75) is 51.7 Å². The number of thiazole rings is 1. The lowest BCUT2D eigenvalue weighted by Gasteiger charge is -2.43. The topological polar surface area (TPSA) is 19.4 Å². The van der Waals surface area contributed by atoms with Gasteiger partial charge in [0.2, 0.25) is 0 Å². The van der Waals surface area contributed by atoms with Crippen LogP contribution in [0.4, 0.5) is 0 Å². The average Bonchev–Trinajstić information content (AvgIpc) is 2.97. The second-order valence-electron chi connectivity index (χ2n) is 5.63. The lowest BCUT2D eigenvalue weighted by Crippen LogP contribution is -2.55. The number of aryl methyl sites for hydroxylation is 1. The van der Waals surface area contributed by atoms with Crippen LogP contribution in [0, 0.1) is 6.92 Å². The van der Waals surface area contributed by atoms with Gasteiger partial charge in [-0.05, 0) is 32.7 Å². The third-order valence-electron chi connectivity index (χ3n) is 4.41. The minimum absolute atomic E-state index is 0.738. The largest absolute Gasteiger partial charge is 0.298 e. The number of nitrogens with zero attached hydrogens (tertiary/aromatic N) is 3. The fourth-order valence-electron chi connectivity index (χ4n) is 3.41. The van der Waals surface area contributed by atoms with Crippen molar-refractivity contribution in [3.63, 3.8) is 0 Å². The lowest BCUT2D eigenvalue weighted by atomic mass is 10.1. The molecule has 0 saturated carbocycles. The molecular formula is C14H23N3S. The first kappa shape index (κ1) is 12.6. The molecule has 0 aliphatic carbocycles. The van der Waals surface area contributed by atoms with Crippen molar-refractivity contribution in [2.75, 3.05) is 19.6 Å². The summed E-state index contributed by atoms with van der Waals surface area (Å²) < 4.78 is 0. The molecule has 3 heterocycles. The number of hydrogen-bond donors (Lipinski definition) is 0. The van der Waals surface area contributed by atoms with E-state index in [0.29, 0.717) is 0 Å². The van der Waals surface area contributed by atoms with E-state index in [0.717, 1.165) is 18.6 Å². The van der Waals surface area contributed by atoms with Crippen LogP contribution in [0.3, 0.4) is 0 Å². The fourth-order valence-corrected chi connectivity index (χ4v) is 4.23. The molecule has 3 rings (SSSR count). The Morgan fingerprint density at radius 2 is 2.33 bits per heavy atom. The summed E-state index contributed by atoms with van der Waals surface area (Å²) in [6, 6.07) is 1.56. The summed E-state index contributed by atoms with van der Waals surface area (Å²) in [4.78, 5) is 11.2. The minimum Gasteiger partial charge on any atom is -0.298 e. The minimum atomic E-state index is 0.738. The monoisotopic (exact) mass is 265 g/mol. The molecule has 2 saturated heterocycles. The third-order valence-corrected chi connectivity index (χ3v) is 5.30. The highest BCUT2D eigenvalue weighted by Crippen LogP contribution is 2.27. The summed E-state index contributed by atoms with van der Waals surface area (Å²) in [5.74, 6) is 0. The van der Waals surface area contributed by atoms with Crippen molar-refractivity contribution in [1.29, 1.82) is 0 Å². The normalized spacial score (nSPS) is 29.7. The standard InChI is InChI=1S/C14H23N3S/c1-3-12-8-16-6-4-5-13(16)9-17(12)10-14-7-15-11(2)18-14/h7,12-13H,3-6,8-10H2,1-2H3. The van der Waals surface area contributed by atoms with Crippen LogP contribution < -0.4 is 0 Å². The van der Waals surface area contributed by atoms with Crippen molar-refractivity contribution in [1.82, 2.24) is 14.8 Å². The van der Waals surface area contributed by atoms with Crippen LogP contribution in [0.25, 0.3) is 0 Å². The molecule has 3 nitrogen and oxygen atoms in total. The molecule has 0 N–H and O–H groups in total. The predicted octanol–water partition coefficient (Wildman–Crippen LogP) is 2.51. The van der Waals surface area contributed by atoms with Crippen LogP contribution >= 0.6 is 11.3 Å². The molecule has 100 valence electrons. The number of rotatable bonds is 3. The van der Waals surface area contributed by atoms with Crippen LogP contribution in [0.15, 0.2) is 6.20 Å². The van der Waals surface area contributed by atoms with Gasteiger partial charge in [-0.15, -0.1) is 11.3 Å². The van der Waals surface area contributed by atoms with Gasteiger partial charge >= 0.3 is 0 Å².